The zero-order chi connectivity index (χ0) is 12.8. The molecule has 3 aromatic rings. The molecule has 3 heteroatoms. The Balaban J connectivity index is 1.82. The summed E-state index contributed by atoms with van der Waals surface area (Å²) in [4.78, 5) is 0. The van der Waals surface area contributed by atoms with Crippen LogP contribution in [0.15, 0.2) is 54.6 Å². The van der Waals surface area contributed by atoms with Crippen LogP contribution in [0.2, 0.25) is 5.02 Å². The highest BCUT2D eigenvalue weighted by atomic mass is 35.5. The van der Waals surface area contributed by atoms with Crippen molar-refractivity contribution in [2.24, 2.45) is 0 Å². The fraction of sp³-hybridized carbons (Fsp3) is 0.0625. The van der Waals surface area contributed by atoms with Crippen LogP contribution in [0.5, 0.6) is 0 Å². The van der Waals surface area contributed by atoms with Crippen LogP contribution in [-0.4, -0.2) is 9.78 Å². The average Bonchev–Trinajstić information content (AvgIpc) is 2.97. The molecule has 0 saturated heterocycles. The number of hydrogen-bond acceptors (Lipinski definition) is 1. The lowest BCUT2D eigenvalue weighted by Gasteiger charge is -2.00. The van der Waals surface area contributed by atoms with E-state index < -0.39 is 0 Å². The summed E-state index contributed by atoms with van der Waals surface area (Å²) in [6.07, 6.45) is 0.955. The van der Waals surface area contributed by atoms with Crippen LogP contribution in [-0.2, 0) is 6.42 Å². The molecular weight excluding hydrogens is 256 g/mol. The van der Waals surface area contributed by atoms with E-state index in [0.717, 1.165) is 22.7 Å². The number of benzene rings is 2. The second kappa shape index (κ2) is 3.97. The van der Waals surface area contributed by atoms with Crippen LogP contribution < -0.4 is 0 Å². The van der Waals surface area contributed by atoms with E-state index >= 15 is 0 Å². The molecule has 19 heavy (non-hydrogen) atoms. The first-order chi connectivity index (χ1) is 9.31. The topological polar surface area (TPSA) is 17.8 Å². The molecule has 0 atom stereocenters. The fourth-order valence-corrected chi connectivity index (χ4v) is 2.70. The second-order valence-electron chi connectivity index (χ2n) is 4.75. The SMILES string of the molecule is Clc1ccc(-c2cc3n(n2)-c2ccccc2C3)cc1. The Bertz CT molecular complexity index is 757. The van der Waals surface area contributed by atoms with E-state index in [4.69, 9.17) is 16.7 Å². The molecule has 2 heterocycles. The number of para-hydroxylation sites is 1. The Morgan fingerprint density at radius 1 is 1.00 bits per heavy atom. The van der Waals surface area contributed by atoms with Crippen LogP contribution in [0.1, 0.15) is 11.3 Å². The van der Waals surface area contributed by atoms with Crippen LogP contribution >= 0.6 is 11.6 Å². The Labute approximate surface area is 116 Å². The summed E-state index contributed by atoms with van der Waals surface area (Å²) in [5.41, 5.74) is 5.88. The molecule has 4 rings (SSSR count). The number of rotatable bonds is 1. The normalized spacial score (nSPS) is 12.3. The first-order valence-electron chi connectivity index (χ1n) is 6.24. The molecule has 0 radical (unpaired) electrons. The van der Waals surface area contributed by atoms with Crippen molar-refractivity contribution in [1.29, 1.82) is 0 Å². The molecule has 0 unspecified atom stereocenters. The highest BCUT2D eigenvalue weighted by molar-refractivity contribution is 6.30. The van der Waals surface area contributed by atoms with Gasteiger partial charge in [0.25, 0.3) is 0 Å². The van der Waals surface area contributed by atoms with Crippen LogP contribution in [0, 0.1) is 0 Å². The molecule has 2 aromatic carbocycles. The largest absolute Gasteiger partial charge is 0.237 e. The molecule has 0 aliphatic carbocycles. The fourth-order valence-electron chi connectivity index (χ4n) is 2.58. The molecule has 1 aliphatic rings. The van der Waals surface area contributed by atoms with Gasteiger partial charge in [-0.3, -0.25) is 0 Å². The monoisotopic (exact) mass is 266 g/mol. The van der Waals surface area contributed by atoms with E-state index in [9.17, 15) is 0 Å². The molecule has 1 aromatic heterocycles. The third-order valence-electron chi connectivity index (χ3n) is 3.51. The van der Waals surface area contributed by atoms with Gasteiger partial charge in [-0.1, -0.05) is 41.9 Å². The molecular formula is C16H11ClN2. The summed E-state index contributed by atoms with van der Waals surface area (Å²) < 4.78 is 2.04. The van der Waals surface area contributed by atoms with E-state index in [2.05, 4.69) is 30.3 Å². The molecule has 0 fully saturated rings. The van der Waals surface area contributed by atoms with E-state index in [1.54, 1.807) is 0 Å². The third-order valence-corrected chi connectivity index (χ3v) is 3.77. The van der Waals surface area contributed by atoms with Crippen molar-refractivity contribution in [2.75, 3.05) is 0 Å². The number of hydrogen-bond donors (Lipinski definition) is 0. The first-order valence-corrected chi connectivity index (χ1v) is 6.62. The molecule has 0 N–H and O–H groups in total. The van der Waals surface area contributed by atoms with Crippen LogP contribution in [0.4, 0.5) is 0 Å². The van der Waals surface area contributed by atoms with Gasteiger partial charge in [0.2, 0.25) is 0 Å². The van der Waals surface area contributed by atoms with Crippen molar-refractivity contribution in [2.45, 2.75) is 6.42 Å². The quantitative estimate of drug-likeness (QED) is 0.507. The average molecular weight is 267 g/mol. The predicted octanol–water partition coefficient (Wildman–Crippen LogP) is 4.10. The van der Waals surface area contributed by atoms with Gasteiger partial charge in [-0.15, -0.1) is 0 Å². The van der Waals surface area contributed by atoms with E-state index in [1.807, 2.05) is 28.9 Å². The lowest BCUT2D eigenvalue weighted by Crippen LogP contribution is -1.94. The van der Waals surface area contributed by atoms with Crippen molar-refractivity contribution < 1.29 is 0 Å². The van der Waals surface area contributed by atoms with Gasteiger partial charge in [0.05, 0.1) is 11.4 Å². The van der Waals surface area contributed by atoms with Gasteiger partial charge >= 0.3 is 0 Å². The van der Waals surface area contributed by atoms with Crippen LogP contribution in [0.25, 0.3) is 16.9 Å². The Morgan fingerprint density at radius 2 is 1.79 bits per heavy atom. The Morgan fingerprint density at radius 3 is 2.63 bits per heavy atom. The van der Waals surface area contributed by atoms with Crippen molar-refractivity contribution in [3.8, 4) is 16.9 Å². The van der Waals surface area contributed by atoms with Gasteiger partial charge in [-0.05, 0) is 29.8 Å². The number of halogens is 1. The molecule has 1 aliphatic heterocycles. The molecule has 0 bridgehead atoms. The smallest absolute Gasteiger partial charge is 0.0930 e. The van der Waals surface area contributed by atoms with E-state index in [-0.39, 0.29) is 0 Å². The van der Waals surface area contributed by atoms with E-state index in [1.165, 1.54) is 16.9 Å². The number of aromatic nitrogens is 2. The summed E-state index contributed by atoms with van der Waals surface area (Å²) in [5, 5.41) is 5.46. The summed E-state index contributed by atoms with van der Waals surface area (Å²) in [6, 6.07) is 18.4. The van der Waals surface area contributed by atoms with Gasteiger partial charge in [0, 0.05) is 22.7 Å². The second-order valence-corrected chi connectivity index (χ2v) is 5.18. The van der Waals surface area contributed by atoms with Crippen molar-refractivity contribution in [3.63, 3.8) is 0 Å². The lowest BCUT2D eigenvalue weighted by molar-refractivity contribution is 0.874. The zero-order valence-corrected chi connectivity index (χ0v) is 10.9. The van der Waals surface area contributed by atoms with Crippen molar-refractivity contribution >= 4 is 11.6 Å². The van der Waals surface area contributed by atoms with Gasteiger partial charge in [-0.2, -0.15) is 5.10 Å². The Hall–Kier alpha value is -2.06. The maximum atomic E-state index is 5.92. The van der Waals surface area contributed by atoms with Gasteiger partial charge in [0.15, 0.2) is 0 Å². The first kappa shape index (κ1) is 10.8. The predicted molar refractivity (Wildman–Crippen MR) is 76.8 cm³/mol. The van der Waals surface area contributed by atoms with Gasteiger partial charge in [-0.25, -0.2) is 4.68 Å². The standard InChI is InChI=1S/C16H11ClN2/c17-13-7-5-11(6-8-13)15-10-14-9-12-3-1-2-4-16(12)19(14)18-15/h1-8,10H,9H2. The third kappa shape index (κ3) is 1.68. The summed E-state index contributed by atoms with van der Waals surface area (Å²) in [5.74, 6) is 0. The minimum Gasteiger partial charge on any atom is -0.237 e. The number of nitrogens with zero attached hydrogens (tertiary/aromatic N) is 2. The minimum atomic E-state index is 0.751. The van der Waals surface area contributed by atoms with Crippen molar-refractivity contribution in [3.05, 3.63) is 70.9 Å². The summed E-state index contributed by atoms with van der Waals surface area (Å²) in [6.45, 7) is 0. The van der Waals surface area contributed by atoms with Gasteiger partial charge < -0.3 is 0 Å². The molecule has 92 valence electrons. The van der Waals surface area contributed by atoms with Gasteiger partial charge in [0.1, 0.15) is 0 Å². The molecule has 0 saturated carbocycles. The Kier molecular flexibility index (Phi) is 2.26. The maximum Gasteiger partial charge on any atom is 0.0930 e. The highest BCUT2D eigenvalue weighted by Crippen LogP contribution is 2.30. The van der Waals surface area contributed by atoms with Crippen molar-refractivity contribution in [1.82, 2.24) is 9.78 Å². The molecule has 2 nitrogen and oxygen atoms in total. The summed E-state index contributed by atoms with van der Waals surface area (Å²) >= 11 is 5.92. The van der Waals surface area contributed by atoms with Crippen LogP contribution in [0.3, 0.4) is 0 Å². The molecule has 0 amide bonds. The minimum absolute atomic E-state index is 0.751. The maximum absolute atomic E-state index is 5.92. The lowest BCUT2D eigenvalue weighted by atomic mass is 10.1. The highest BCUT2D eigenvalue weighted by Gasteiger charge is 2.20. The number of fused-ring (bicyclic) bond motifs is 3. The summed E-state index contributed by atoms with van der Waals surface area (Å²) in [7, 11) is 0. The molecule has 0 spiro atoms. The van der Waals surface area contributed by atoms with E-state index in [0.29, 0.717) is 0 Å². The zero-order valence-electron chi connectivity index (χ0n) is 10.2.